The van der Waals surface area contributed by atoms with Gasteiger partial charge in [-0.15, -0.1) is 0 Å². The van der Waals surface area contributed by atoms with E-state index in [1.807, 2.05) is 0 Å². The molecule has 2 aromatic carbocycles. The molecule has 5 rings (SSSR count). The number of nitrogens with one attached hydrogen (secondary N) is 3. The Bertz CT molecular complexity index is 1290. The van der Waals surface area contributed by atoms with Crippen LogP contribution in [0.5, 0.6) is 11.5 Å². The predicted octanol–water partition coefficient (Wildman–Crippen LogP) is 4.48. The van der Waals surface area contributed by atoms with Gasteiger partial charge in [-0.1, -0.05) is 6.07 Å². The fourth-order valence-electron chi connectivity index (χ4n) is 4.07. The maximum atomic E-state index is 14.0. The number of halogens is 3. The van der Waals surface area contributed by atoms with Gasteiger partial charge in [0.05, 0.1) is 6.04 Å². The van der Waals surface area contributed by atoms with E-state index in [1.165, 1.54) is 13.0 Å². The van der Waals surface area contributed by atoms with Crippen LogP contribution in [0.1, 0.15) is 41.5 Å². The van der Waals surface area contributed by atoms with Crippen LogP contribution in [0.25, 0.3) is 0 Å². The van der Waals surface area contributed by atoms with Crippen molar-refractivity contribution in [1.82, 2.24) is 9.78 Å². The Morgan fingerprint density at radius 2 is 1.71 bits per heavy atom. The maximum absolute atomic E-state index is 14.0. The van der Waals surface area contributed by atoms with E-state index in [4.69, 9.17) is 9.47 Å². The number of alkyl halides is 3. The number of aromatic nitrogens is 2. The van der Waals surface area contributed by atoms with Gasteiger partial charge in [-0.05, 0) is 42.0 Å². The third-order valence-electron chi connectivity index (χ3n) is 5.68. The van der Waals surface area contributed by atoms with Crippen molar-refractivity contribution in [2.24, 2.45) is 0 Å². The first-order valence-electron chi connectivity index (χ1n) is 10.7. The SMILES string of the molecule is CC(=O)Nc1ccc(NC(=O)c2cc3n(n2)[C@@H](C(F)(F)F)C[C@@H](c2ccc4c(c2)OCO4)N3)cc1. The lowest BCUT2D eigenvalue weighted by molar-refractivity contribution is -0.173. The van der Waals surface area contributed by atoms with Gasteiger partial charge < -0.3 is 25.4 Å². The highest BCUT2D eigenvalue weighted by molar-refractivity contribution is 6.03. The predicted molar refractivity (Wildman–Crippen MR) is 120 cm³/mol. The number of carbonyl (C=O) groups excluding carboxylic acids is 2. The average molecular weight is 487 g/mol. The highest BCUT2D eigenvalue weighted by atomic mass is 19.4. The smallest absolute Gasteiger partial charge is 0.410 e. The van der Waals surface area contributed by atoms with Crippen LogP contribution in [0.15, 0.2) is 48.5 Å². The normalized spacial score (nSPS) is 18.4. The molecule has 0 bridgehead atoms. The number of fused-ring (bicyclic) bond motifs is 2. The Labute approximate surface area is 197 Å². The lowest BCUT2D eigenvalue weighted by Gasteiger charge is -2.33. The first kappa shape index (κ1) is 22.6. The van der Waals surface area contributed by atoms with Gasteiger partial charge >= 0.3 is 6.18 Å². The lowest BCUT2D eigenvalue weighted by Crippen LogP contribution is -2.35. The summed E-state index contributed by atoms with van der Waals surface area (Å²) in [7, 11) is 0. The standard InChI is InChI=1S/C23H20F3N5O4/c1-12(32)27-14-3-5-15(6-4-14)28-22(33)17-10-21-29-16(9-20(23(24,25)26)31(21)30-17)13-2-7-18-19(8-13)35-11-34-18/h2-8,10,16,20,29H,9,11H2,1H3,(H,27,32)(H,28,33)/t16-,20+/m0/s1. The molecule has 3 heterocycles. The van der Waals surface area contributed by atoms with E-state index in [-0.39, 0.29) is 30.6 Å². The summed E-state index contributed by atoms with van der Waals surface area (Å²) in [6.45, 7) is 1.43. The number of carbonyl (C=O) groups is 2. The van der Waals surface area contributed by atoms with E-state index in [1.54, 1.807) is 42.5 Å². The minimum absolute atomic E-state index is 0.0588. The summed E-state index contributed by atoms with van der Waals surface area (Å²) in [5, 5.41) is 12.2. The summed E-state index contributed by atoms with van der Waals surface area (Å²) in [4.78, 5) is 23.9. The number of ether oxygens (including phenoxy) is 2. The monoisotopic (exact) mass is 487 g/mol. The van der Waals surface area contributed by atoms with Gasteiger partial charge in [0.15, 0.2) is 23.2 Å². The third-order valence-corrected chi connectivity index (χ3v) is 5.68. The molecule has 2 atom stereocenters. The molecular formula is C23H20F3N5O4. The van der Waals surface area contributed by atoms with Crippen LogP contribution < -0.4 is 25.4 Å². The number of benzene rings is 2. The zero-order valence-corrected chi connectivity index (χ0v) is 18.3. The van der Waals surface area contributed by atoms with Crippen LogP contribution in [-0.2, 0) is 4.79 Å². The highest BCUT2D eigenvalue weighted by Crippen LogP contribution is 2.45. The first-order chi connectivity index (χ1) is 16.7. The van der Waals surface area contributed by atoms with Crippen LogP contribution in [0.4, 0.5) is 30.4 Å². The number of amides is 2. The summed E-state index contributed by atoms with van der Waals surface area (Å²) in [6, 6.07) is 9.98. The highest BCUT2D eigenvalue weighted by Gasteiger charge is 2.47. The van der Waals surface area contributed by atoms with Gasteiger partial charge in [0.25, 0.3) is 5.91 Å². The van der Waals surface area contributed by atoms with Crippen molar-refractivity contribution in [3.05, 3.63) is 59.8 Å². The molecule has 3 aromatic rings. The first-order valence-corrected chi connectivity index (χ1v) is 10.7. The molecule has 1 aromatic heterocycles. The zero-order valence-electron chi connectivity index (χ0n) is 18.3. The number of hydrogen-bond donors (Lipinski definition) is 3. The van der Waals surface area contributed by atoms with Gasteiger partial charge in [0, 0.05) is 30.8 Å². The van der Waals surface area contributed by atoms with Gasteiger partial charge in [-0.25, -0.2) is 4.68 Å². The van der Waals surface area contributed by atoms with Crippen molar-refractivity contribution in [2.75, 3.05) is 22.7 Å². The molecule has 12 heteroatoms. The van der Waals surface area contributed by atoms with Crippen LogP contribution >= 0.6 is 0 Å². The molecule has 2 amide bonds. The van der Waals surface area contributed by atoms with Crippen molar-refractivity contribution in [1.29, 1.82) is 0 Å². The van der Waals surface area contributed by atoms with E-state index in [0.29, 0.717) is 28.4 Å². The van der Waals surface area contributed by atoms with E-state index >= 15 is 0 Å². The van der Waals surface area contributed by atoms with E-state index < -0.39 is 24.2 Å². The van der Waals surface area contributed by atoms with Crippen LogP contribution in [0, 0.1) is 0 Å². The molecule has 9 nitrogen and oxygen atoms in total. The van der Waals surface area contributed by atoms with Crippen molar-refractivity contribution < 1.29 is 32.2 Å². The molecule has 0 radical (unpaired) electrons. The largest absolute Gasteiger partial charge is 0.454 e. The Hall–Kier alpha value is -4.22. The second-order valence-electron chi connectivity index (χ2n) is 8.17. The molecule has 0 fully saturated rings. The number of anilines is 3. The minimum Gasteiger partial charge on any atom is -0.454 e. The number of nitrogens with zero attached hydrogens (tertiary/aromatic N) is 2. The number of hydrogen-bond acceptors (Lipinski definition) is 6. The van der Waals surface area contributed by atoms with E-state index in [9.17, 15) is 22.8 Å². The summed E-state index contributed by atoms with van der Waals surface area (Å²) >= 11 is 0. The molecule has 182 valence electrons. The molecule has 2 aliphatic rings. The lowest BCUT2D eigenvalue weighted by atomic mass is 9.96. The van der Waals surface area contributed by atoms with Crippen molar-refractivity contribution in [3.63, 3.8) is 0 Å². The summed E-state index contributed by atoms with van der Waals surface area (Å²) in [5.74, 6) is 0.174. The Morgan fingerprint density at radius 1 is 1.03 bits per heavy atom. The summed E-state index contributed by atoms with van der Waals surface area (Å²) < 4.78 is 53.3. The number of rotatable bonds is 4. The molecule has 3 N–H and O–H groups in total. The van der Waals surface area contributed by atoms with E-state index in [0.717, 1.165) is 4.68 Å². The topological polar surface area (TPSA) is 107 Å². The van der Waals surface area contributed by atoms with Gasteiger partial charge in [-0.3, -0.25) is 9.59 Å². The van der Waals surface area contributed by atoms with Gasteiger partial charge in [-0.2, -0.15) is 18.3 Å². The fourth-order valence-corrected chi connectivity index (χ4v) is 4.07. The zero-order chi connectivity index (χ0) is 24.7. The summed E-state index contributed by atoms with van der Waals surface area (Å²) in [5.41, 5.74) is 1.37. The van der Waals surface area contributed by atoms with Crippen LogP contribution in [-0.4, -0.2) is 34.6 Å². The van der Waals surface area contributed by atoms with Crippen molar-refractivity contribution in [2.45, 2.75) is 31.6 Å². The maximum Gasteiger partial charge on any atom is 0.410 e. The third kappa shape index (κ3) is 4.59. The Morgan fingerprint density at radius 3 is 2.40 bits per heavy atom. The van der Waals surface area contributed by atoms with Crippen molar-refractivity contribution >= 4 is 29.0 Å². The molecule has 0 unspecified atom stereocenters. The molecular weight excluding hydrogens is 467 g/mol. The molecule has 0 spiro atoms. The van der Waals surface area contributed by atoms with Crippen LogP contribution in [0.3, 0.4) is 0 Å². The molecule has 0 saturated carbocycles. The van der Waals surface area contributed by atoms with Crippen LogP contribution in [0.2, 0.25) is 0 Å². The van der Waals surface area contributed by atoms with Gasteiger partial charge in [0.1, 0.15) is 5.82 Å². The molecule has 2 aliphatic heterocycles. The van der Waals surface area contributed by atoms with Crippen molar-refractivity contribution in [3.8, 4) is 11.5 Å². The fraction of sp³-hybridized carbons (Fsp3) is 0.261. The Balaban J connectivity index is 1.38. The Kier molecular flexibility index (Phi) is 5.50. The van der Waals surface area contributed by atoms with Gasteiger partial charge in [0.2, 0.25) is 12.7 Å². The molecule has 0 saturated heterocycles. The molecule has 35 heavy (non-hydrogen) atoms. The second kappa shape index (κ2) is 8.53. The quantitative estimate of drug-likeness (QED) is 0.501. The second-order valence-corrected chi connectivity index (χ2v) is 8.17. The van der Waals surface area contributed by atoms with E-state index in [2.05, 4.69) is 21.0 Å². The summed E-state index contributed by atoms with van der Waals surface area (Å²) in [6.07, 6.45) is -4.89. The average Bonchev–Trinajstić information content (AvgIpc) is 3.45. The minimum atomic E-state index is -4.58. The molecule has 0 aliphatic carbocycles.